The van der Waals surface area contributed by atoms with Crippen molar-refractivity contribution in [3.8, 4) is 0 Å². The summed E-state index contributed by atoms with van der Waals surface area (Å²) in [6.45, 7) is 8.69. The molecule has 2 aromatic rings. The molecule has 0 atom stereocenters. The average molecular weight is 485 g/mol. The van der Waals surface area contributed by atoms with Crippen molar-refractivity contribution in [2.24, 2.45) is 0 Å². The Morgan fingerprint density at radius 2 is 1.59 bits per heavy atom. The Labute approximate surface area is 203 Å². The zero-order valence-corrected chi connectivity index (χ0v) is 21.1. The predicted octanol–water partition coefficient (Wildman–Crippen LogP) is 3.63. The quantitative estimate of drug-likeness (QED) is 0.678. The van der Waals surface area contributed by atoms with Crippen molar-refractivity contribution in [3.63, 3.8) is 0 Å². The lowest BCUT2D eigenvalue weighted by Gasteiger charge is -2.35. The number of carbonyl (C=O) groups excluding carboxylic acids is 1. The van der Waals surface area contributed by atoms with Gasteiger partial charge in [-0.3, -0.25) is 9.69 Å². The van der Waals surface area contributed by atoms with Gasteiger partial charge in [-0.2, -0.15) is 4.31 Å². The highest BCUT2D eigenvalue weighted by molar-refractivity contribution is 7.89. The Morgan fingerprint density at radius 1 is 0.882 bits per heavy atom. The summed E-state index contributed by atoms with van der Waals surface area (Å²) in [7, 11) is -3.57. The van der Waals surface area contributed by atoms with E-state index in [-0.39, 0.29) is 5.91 Å². The third kappa shape index (κ3) is 5.98. The molecule has 184 valence electrons. The standard InChI is InChI=1S/C26H36N4O3S/c1-21-8-7-9-24(18-21)29-16-14-28(15-17-29)20-26(31)27-23-11-10-22(2)25(19-23)34(32,33)30-12-5-3-4-6-13-30/h7-11,18-19H,3-6,12-17,20H2,1-2H3,(H,27,31). The van der Waals surface area contributed by atoms with E-state index in [2.05, 4.69) is 46.3 Å². The summed E-state index contributed by atoms with van der Waals surface area (Å²) >= 11 is 0. The number of hydrogen-bond acceptors (Lipinski definition) is 5. The highest BCUT2D eigenvalue weighted by Gasteiger charge is 2.27. The minimum atomic E-state index is -3.57. The van der Waals surface area contributed by atoms with Crippen LogP contribution in [0.3, 0.4) is 0 Å². The van der Waals surface area contributed by atoms with E-state index in [4.69, 9.17) is 0 Å². The number of aryl methyl sites for hydroxylation is 2. The van der Waals surface area contributed by atoms with Crippen molar-refractivity contribution in [3.05, 3.63) is 53.6 Å². The molecule has 0 radical (unpaired) electrons. The second-order valence-corrected chi connectivity index (χ2v) is 11.4. The van der Waals surface area contributed by atoms with Gasteiger partial charge in [-0.1, -0.05) is 31.0 Å². The lowest BCUT2D eigenvalue weighted by atomic mass is 10.2. The number of nitrogens with one attached hydrogen (secondary N) is 1. The topological polar surface area (TPSA) is 73.0 Å². The molecule has 4 rings (SSSR count). The highest BCUT2D eigenvalue weighted by atomic mass is 32.2. The third-order valence-electron chi connectivity index (χ3n) is 6.76. The van der Waals surface area contributed by atoms with Crippen LogP contribution in [0, 0.1) is 13.8 Å². The Balaban J connectivity index is 1.35. The molecule has 0 saturated carbocycles. The second kappa shape index (κ2) is 10.9. The fraction of sp³-hybridized carbons (Fsp3) is 0.500. The van der Waals surface area contributed by atoms with E-state index in [0.29, 0.717) is 35.8 Å². The summed E-state index contributed by atoms with van der Waals surface area (Å²) in [5.74, 6) is -0.119. The monoisotopic (exact) mass is 484 g/mol. The van der Waals surface area contributed by atoms with Gasteiger partial charge in [0.15, 0.2) is 0 Å². The van der Waals surface area contributed by atoms with Crippen molar-refractivity contribution in [1.29, 1.82) is 0 Å². The van der Waals surface area contributed by atoms with Gasteiger partial charge in [-0.25, -0.2) is 8.42 Å². The zero-order valence-electron chi connectivity index (χ0n) is 20.3. The average Bonchev–Trinajstić information content (AvgIpc) is 3.11. The number of hydrogen-bond donors (Lipinski definition) is 1. The normalized spacial score (nSPS) is 18.5. The maximum atomic E-state index is 13.3. The molecular formula is C26H36N4O3S. The molecule has 0 aliphatic carbocycles. The maximum Gasteiger partial charge on any atom is 0.243 e. The molecule has 0 bridgehead atoms. The van der Waals surface area contributed by atoms with Gasteiger partial charge in [0, 0.05) is 50.6 Å². The van der Waals surface area contributed by atoms with Gasteiger partial charge in [-0.15, -0.1) is 0 Å². The van der Waals surface area contributed by atoms with Gasteiger partial charge >= 0.3 is 0 Å². The first kappa shape index (κ1) is 24.7. The van der Waals surface area contributed by atoms with Crippen molar-refractivity contribution in [2.45, 2.75) is 44.4 Å². The number of amides is 1. The summed E-state index contributed by atoms with van der Waals surface area (Å²) in [6, 6.07) is 13.7. The molecule has 1 N–H and O–H groups in total. The van der Waals surface area contributed by atoms with E-state index in [1.165, 1.54) is 11.3 Å². The van der Waals surface area contributed by atoms with Crippen LogP contribution in [0.5, 0.6) is 0 Å². The molecule has 2 aliphatic heterocycles. The highest BCUT2D eigenvalue weighted by Crippen LogP contribution is 2.26. The molecule has 34 heavy (non-hydrogen) atoms. The molecule has 2 heterocycles. The van der Waals surface area contributed by atoms with Gasteiger partial charge in [-0.05, 0) is 62.1 Å². The van der Waals surface area contributed by atoms with Crippen molar-refractivity contribution in [1.82, 2.24) is 9.21 Å². The number of piperazine rings is 1. The van der Waals surface area contributed by atoms with Crippen LogP contribution in [0.4, 0.5) is 11.4 Å². The fourth-order valence-electron chi connectivity index (χ4n) is 4.77. The first-order valence-electron chi connectivity index (χ1n) is 12.3. The van der Waals surface area contributed by atoms with Gasteiger partial charge < -0.3 is 10.2 Å². The Kier molecular flexibility index (Phi) is 7.91. The van der Waals surface area contributed by atoms with Crippen LogP contribution < -0.4 is 10.2 Å². The predicted molar refractivity (Wildman–Crippen MR) is 137 cm³/mol. The van der Waals surface area contributed by atoms with E-state index in [9.17, 15) is 13.2 Å². The first-order valence-corrected chi connectivity index (χ1v) is 13.7. The first-order chi connectivity index (χ1) is 16.3. The molecule has 8 heteroatoms. The van der Waals surface area contributed by atoms with Crippen molar-refractivity contribution in [2.75, 3.05) is 56.0 Å². The van der Waals surface area contributed by atoms with Crippen LogP contribution in [0.25, 0.3) is 0 Å². The molecule has 0 aromatic heterocycles. The van der Waals surface area contributed by atoms with E-state index in [1.54, 1.807) is 22.5 Å². The fourth-order valence-corrected chi connectivity index (χ4v) is 6.54. The third-order valence-corrected chi connectivity index (χ3v) is 8.80. The molecule has 2 aromatic carbocycles. The number of nitrogens with zero attached hydrogens (tertiary/aromatic N) is 3. The number of rotatable bonds is 6. The van der Waals surface area contributed by atoms with Crippen molar-refractivity contribution < 1.29 is 13.2 Å². The van der Waals surface area contributed by atoms with Crippen LogP contribution in [0.2, 0.25) is 0 Å². The second-order valence-electron chi connectivity index (χ2n) is 9.45. The van der Waals surface area contributed by atoms with Crippen LogP contribution in [-0.4, -0.2) is 69.3 Å². The van der Waals surface area contributed by atoms with E-state index >= 15 is 0 Å². The Hall–Kier alpha value is -2.42. The summed E-state index contributed by atoms with van der Waals surface area (Å²) in [6.07, 6.45) is 3.93. The largest absolute Gasteiger partial charge is 0.369 e. The molecule has 1 amide bonds. The summed E-state index contributed by atoms with van der Waals surface area (Å²) in [5.41, 5.74) is 3.70. The summed E-state index contributed by atoms with van der Waals surface area (Å²) in [5, 5.41) is 2.92. The number of anilines is 2. The zero-order chi connectivity index (χ0) is 24.1. The van der Waals surface area contributed by atoms with E-state index in [0.717, 1.165) is 51.9 Å². The van der Waals surface area contributed by atoms with Crippen molar-refractivity contribution >= 4 is 27.3 Å². The van der Waals surface area contributed by atoms with Gasteiger partial charge in [0.2, 0.25) is 15.9 Å². The molecule has 2 saturated heterocycles. The molecule has 7 nitrogen and oxygen atoms in total. The van der Waals surface area contributed by atoms with E-state index in [1.807, 2.05) is 6.92 Å². The Bertz CT molecular complexity index is 1100. The maximum absolute atomic E-state index is 13.3. The smallest absolute Gasteiger partial charge is 0.243 e. The van der Waals surface area contributed by atoms with Crippen LogP contribution in [0.1, 0.15) is 36.8 Å². The van der Waals surface area contributed by atoms with Gasteiger partial charge in [0.1, 0.15) is 0 Å². The summed E-state index contributed by atoms with van der Waals surface area (Å²) in [4.78, 5) is 17.5. The van der Waals surface area contributed by atoms with E-state index < -0.39 is 10.0 Å². The molecule has 2 aliphatic rings. The number of sulfonamides is 1. The van der Waals surface area contributed by atoms with Gasteiger partial charge in [0.05, 0.1) is 11.4 Å². The van der Waals surface area contributed by atoms with Crippen LogP contribution in [0.15, 0.2) is 47.4 Å². The Morgan fingerprint density at radius 3 is 2.26 bits per heavy atom. The number of benzene rings is 2. The van der Waals surface area contributed by atoms with Crippen LogP contribution >= 0.6 is 0 Å². The SMILES string of the molecule is Cc1cccc(N2CCN(CC(=O)Nc3ccc(C)c(S(=O)(=O)N4CCCCCC4)c3)CC2)c1. The molecule has 0 spiro atoms. The van der Waals surface area contributed by atoms with Crippen LogP contribution in [-0.2, 0) is 14.8 Å². The molecular weight excluding hydrogens is 448 g/mol. The summed E-state index contributed by atoms with van der Waals surface area (Å²) < 4.78 is 28.2. The minimum absolute atomic E-state index is 0.119. The lowest BCUT2D eigenvalue weighted by molar-refractivity contribution is -0.117. The lowest BCUT2D eigenvalue weighted by Crippen LogP contribution is -2.48. The van der Waals surface area contributed by atoms with Gasteiger partial charge in [0.25, 0.3) is 0 Å². The number of carbonyl (C=O) groups is 1. The molecule has 2 fully saturated rings. The minimum Gasteiger partial charge on any atom is -0.369 e. The molecule has 0 unspecified atom stereocenters.